The molecule has 3 atom stereocenters. The van der Waals surface area contributed by atoms with Crippen LogP contribution in [0.3, 0.4) is 0 Å². The summed E-state index contributed by atoms with van der Waals surface area (Å²) in [5.74, 6) is -1.01. The molecule has 1 aliphatic rings. The first-order chi connectivity index (χ1) is 8.13. The van der Waals surface area contributed by atoms with Crippen molar-refractivity contribution in [3.63, 3.8) is 0 Å². The average molecular weight is 257 g/mol. The van der Waals surface area contributed by atoms with Crippen LogP contribution in [0, 0.1) is 5.92 Å². The number of carbonyl (C=O) groups is 2. The monoisotopic (exact) mass is 257 g/mol. The molecule has 1 amide bonds. The van der Waals surface area contributed by atoms with E-state index in [0.717, 1.165) is 12.8 Å². The van der Waals surface area contributed by atoms with E-state index in [2.05, 4.69) is 0 Å². The lowest BCUT2D eigenvalue weighted by Crippen LogP contribution is -2.56. The van der Waals surface area contributed by atoms with Gasteiger partial charge in [-0.05, 0) is 46.5 Å². The number of rotatable bonds is 1. The van der Waals surface area contributed by atoms with Gasteiger partial charge < -0.3 is 9.84 Å². The van der Waals surface area contributed by atoms with Crippen molar-refractivity contribution in [3.05, 3.63) is 0 Å². The van der Waals surface area contributed by atoms with E-state index in [9.17, 15) is 14.7 Å². The Bertz CT molecular complexity index is 334. The van der Waals surface area contributed by atoms with Gasteiger partial charge in [-0.3, -0.25) is 4.90 Å². The molecule has 1 saturated heterocycles. The van der Waals surface area contributed by atoms with E-state index in [0.29, 0.717) is 0 Å². The van der Waals surface area contributed by atoms with Gasteiger partial charge in [-0.2, -0.15) is 0 Å². The van der Waals surface area contributed by atoms with E-state index in [-0.39, 0.29) is 12.0 Å². The van der Waals surface area contributed by atoms with Crippen LogP contribution in [0.15, 0.2) is 0 Å². The van der Waals surface area contributed by atoms with Gasteiger partial charge in [-0.15, -0.1) is 0 Å². The van der Waals surface area contributed by atoms with Gasteiger partial charge >= 0.3 is 12.1 Å². The van der Waals surface area contributed by atoms with Crippen LogP contribution in [0.2, 0.25) is 0 Å². The van der Waals surface area contributed by atoms with Gasteiger partial charge in [0.25, 0.3) is 0 Å². The Balaban J connectivity index is 2.92. The first-order valence-electron chi connectivity index (χ1n) is 6.37. The zero-order valence-electron chi connectivity index (χ0n) is 11.8. The van der Waals surface area contributed by atoms with Crippen LogP contribution in [0.25, 0.3) is 0 Å². The molecule has 0 aromatic heterocycles. The summed E-state index contributed by atoms with van der Waals surface area (Å²) in [5, 5.41) is 9.29. The second-order valence-electron chi connectivity index (χ2n) is 6.07. The highest BCUT2D eigenvalue weighted by molar-refractivity contribution is 5.81. The second-order valence-corrected chi connectivity index (χ2v) is 6.07. The highest BCUT2D eigenvalue weighted by atomic mass is 16.6. The highest BCUT2D eigenvalue weighted by Crippen LogP contribution is 2.29. The molecule has 1 N–H and O–H groups in total. The summed E-state index contributed by atoms with van der Waals surface area (Å²) in [4.78, 5) is 24.8. The van der Waals surface area contributed by atoms with Crippen molar-refractivity contribution >= 4 is 12.1 Å². The molecule has 18 heavy (non-hydrogen) atoms. The van der Waals surface area contributed by atoms with E-state index in [1.165, 1.54) is 4.90 Å². The summed E-state index contributed by atoms with van der Waals surface area (Å²) in [6.07, 6.45) is 1.09. The molecule has 1 heterocycles. The van der Waals surface area contributed by atoms with Crippen molar-refractivity contribution < 1.29 is 19.4 Å². The third-order valence-electron chi connectivity index (χ3n) is 3.21. The molecule has 104 valence electrons. The van der Waals surface area contributed by atoms with Crippen LogP contribution >= 0.6 is 0 Å². The molecule has 0 unspecified atom stereocenters. The highest BCUT2D eigenvalue weighted by Gasteiger charge is 2.42. The Labute approximate surface area is 108 Å². The predicted molar refractivity (Wildman–Crippen MR) is 67.4 cm³/mol. The Kier molecular flexibility index (Phi) is 4.24. The number of hydrogen-bond donors (Lipinski definition) is 1. The fourth-order valence-corrected chi connectivity index (χ4v) is 2.32. The summed E-state index contributed by atoms with van der Waals surface area (Å²) in [6, 6.07) is -0.888. The lowest BCUT2D eigenvalue weighted by atomic mass is 9.87. The number of aliphatic carboxylic acids is 1. The van der Waals surface area contributed by atoms with Gasteiger partial charge in [0.15, 0.2) is 0 Å². The minimum Gasteiger partial charge on any atom is -0.480 e. The third kappa shape index (κ3) is 3.37. The molecular weight excluding hydrogens is 234 g/mol. The standard InChI is InChI=1S/C13H23NO4/c1-8-6-7-9(2)14(10(8)11(15)16)12(17)18-13(3,4)5/h8-10H,6-7H2,1-5H3,(H,15,16)/t8-,9+,10+/m1/s1. The topological polar surface area (TPSA) is 66.8 Å². The van der Waals surface area contributed by atoms with E-state index < -0.39 is 23.7 Å². The molecule has 0 aromatic rings. The lowest BCUT2D eigenvalue weighted by Gasteiger charge is -2.42. The molecular formula is C13H23NO4. The Hall–Kier alpha value is -1.26. The Morgan fingerprint density at radius 2 is 1.78 bits per heavy atom. The largest absolute Gasteiger partial charge is 0.480 e. The van der Waals surface area contributed by atoms with Crippen molar-refractivity contribution in [1.29, 1.82) is 0 Å². The van der Waals surface area contributed by atoms with Crippen LogP contribution in [0.5, 0.6) is 0 Å². The minimum absolute atomic E-state index is 0.0498. The number of likely N-dealkylation sites (tertiary alicyclic amines) is 1. The van der Waals surface area contributed by atoms with Crippen LogP contribution in [0.4, 0.5) is 4.79 Å². The summed E-state index contributed by atoms with van der Waals surface area (Å²) in [7, 11) is 0. The molecule has 0 aromatic carbocycles. The normalized spacial score (nSPS) is 28.9. The summed E-state index contributed by atoms with van der Waals surface area (Å²) < 4.78 is 5.30. The maximum atomic E-state index is 12.1. The quantitative estimate of drug-likeness (QED) is 0.783. The molecule has 1 rings (SSSR count). The van der Waals surface area contributed by atoms with Gasteiger partial charge in [-0.1, -0.05) is 6.92 Å². The zero-order valence-corrected chi connectivity index (χ0v) is 11.8. The van der Waals surface area contributed by atoms with Crippen molar-refractivity contribution in [3.8, 4) is 0 Å². The third-order valence-corrected chi connectivity index (χ3v) is 3.21. The predicted octanol–water partition coefficient (Wildman–Crippen LogP) is 2.50. The molecule has 0 aliphatic carbocycles. The molecule has 5 heteroatoms. The average Bonchev–Trinajstić information content (AvgIpc) is 2.17. The number of amides is 1. The summed E-state index contributed by atoms with van der Waals surface area (Å²) >= 11 is 0. The number of carboxylic acids is 1. The fraction of sp³-hybridized carbons (Fsp3) is 0.846. The van der Waals surface area contributed by atoms with Crippen LogP contribution in [-0.2, 0) is 9.53 Å². The second kappa shape index (κ2) is 5.16. The van der Waals surface area contributed by atoms with Crippen molar-refractivity contribution in [1.82, 2.24) is 4.90 Å². The molecule has 0 spiro atoms. The first-order valence-corrected chi connectivity index (χ1v) is 6.37. The van der Waals surface area contributed by atoms with E-state index in [1.54, 1.807) is 20.8 Å². The number of piperidine rings is 1. The van der Waals surface area contributed by atoms with Crippen LogP contribution in [0.1, 0.15) is 47.5 Å². The molecule has 5 nitrogen and oxygen atoms in total. The number of carboxylic acid groups (broad SMARTS) is 1. The van der Waals surface area contributed by atoms with E-state index >= 15 is 0 Å². The maximum Gasteiger partial charge on any atom is 0.411 e. The molecule has 0 radical (unpaired) electrons. The number of hydrogen-bond acceptors (Lipinski definition) is 3. The Morgan fingerprint density at radius 1 is 1.22 bits per heavy atom. The zero-order chi connectivity index (χ0) is 14.1. The van der Waals surface area contributed by atoms with E-state index in [1.807, 2.05) is 13.8 Å². The molecule has 1 fully saturated rings. The fourth-order valence-electron chi connectivity index (χ4n) is 2.32. The molecule has 0 bridgehead atoms. The van der Waals surface area contributed by atoms with Gasteiger partial charge in [0.2, 0.25) is 0 Å². The van der Waals surface area contributed by atoms with Gasteiger partial charge in [0, 0.05) is 6.04 Å². The first kappa shape index (κ1) is 14.8. The number of carbonyl (C=O) groups excluding carboxylic acids is 1. The van der Waals surface area contributed by atoms with Crippen molar-refractivity contribution in [2.45, 2.75) is 65.1 Å². The minimum atomic E-state index is -0.958. The SMILES string of the molecule is C[C@@H]1CC[C@H](C)N(C(=O)OC(C)(C)C)[C@@H]1C(=O)O. The maximum absolute atomic E-state index is 12.1. The van der Waals surface area contributed by atoms with Gasteiger partial charge in [-0.25, -0.2) is 9.59 Å². The molecule has 0 saturated carbocycles. The lowest BCUT2D eigenvalue weighted by molar-refractivity contribution is -0.148. The number of ether oxygens (including phenoxy) is 1. The Morgan fingerprint density at radius 3 is 2.22 bits per heavy atom. The van der Waals surface area contributed by atoms with E-state index in [4.69, 9.17) is 4.74 Å². The number of nitrogens with zero attached hydrogens (tertiary/aromatic N) is 1. The van der Waals surface area contributed by atoms with Crippen LogP contribution in [-0.4, -0.2) is 39.8 Å². The van der Waals surface area contributed by atoms with Crippen LogP contribution < -0.4 is 0 Å². The smallest absolute Gasteiger partial charge is 0.411 e. The van der Waals surface area contributed by atoms with Gasteiger partial charge in [0.05, 0.1) is 0 Å². The van der Waals surface area contributed by atoms with Gasteiger partial charge in [0.1, 0.15) is 11.6 Å². The van der Waals surface area contributed by atoms with Crippen molar-refractivity contribution in [2.24, 2.45) is 5.92 Å². The summed E-state index contributed by atoms with van der Waals surface area (Å²) in [6.45, 7) is 9.06. The summed E-state index contributed by atoms with van der Waals surface area (Å²) in [5.41, 5.74) is -0.611. The van der Waals surface area contributed by atoms with Crippen molar-refractivity contribution in [2.75, 3.05) is 0 Å². The molecule has 1 aliphatic heterocycles.